The van der Waals surface area contributed by atoms with Crippen LogP contribution in [0.1, 0.15) is 32.3 Å². The van der Waals surface area contributed by atoms with Gasteiger partial charge in [-0.15, -0.1) is 0 Å². The number of amides is 1. The molecule has 5 heteroatoms. The molecule has 29 heavy (non-hydrogen) atoms. The van der Waals surface area contributed by atoms with E-state index in [0.717, 1.165) is 16.7 Å². The van der Waals surface area contributed by atoms with E-state index in [2.05, 4.69) is 5.32 Å². The number of allylic oxidation sites excluding steroid dienone is 3. The van der Waals surface area contributed by atoms with Gasteiger partial charge in [0, 0.05) is 19.2 Å². The SMILES string of the molecule is COCc1ccc(-c2ccc(NC(=O)C(C)(C)OC3=C(F)CCC=C3)cc2)cc1. The fourth-order valence-electron chi connectivity index (χ4n) is 3.01. The molecule has 2 aromatic carbocycles. The summed E-state index contributed by atoms with van der Waals surface area (Å²) in [6.07, 6.45) is 4.37. The maximum atomic E-state index is 13.9. The van der Waals surface area contributed by atoms with Gasteiger partial charge in [-0.3, -0.25) is 4.79 Å². The van der Waals surface area contributed by atoms with Crippen molar-refractivity contribution in [1.29, 1.82) is 0 Å². The summed E-state index contributed by atoms with van der Waals surface area (Å²) in [6, 6.07) is 15.7. The molecule has 3 rings (SSSR count). The Hall–Kier alpha value is -2.92. The Morgan fingerprint density at radius 1 is 1.07 bits per heavy atom. The minimum atomic E-state index is -1.20. The first kappa shape index (κ1) is 20.8. The predicted octanol–water partition coefficient (Wildman–Crippen LogP) is 5.76. The average Bonchev–Trinajstić information content (AvgIpc) is 2.71. The molecule has 1 N–H and O–H groups in total. The van der Waals surface area contributed by atoms with Crippen LogP contribution in [0, 0.1) is 0 Å². The third-order valence-electron chi connectivity index (χ3n) is 4.72. The topological polar surface area (TPSA) is 47.6 Å². The maximum absolute atomic E-state index is 13.9. The molecule has 1 aliphatic rings. The van der Waals surface area contributed by atoms with Crippen molar-refractivity contribution in [2.45, 2.75) is 38.9 Å². The van der Waals surface area contributed by atoms with Crippen molar-refractivity contribution in [1.82, 2.24) is 0 Å². The molecule has 0 atom stereocenters. The number of hydrogen-bond acceptors (Lipinski definition) is 3. The van der Waals surface area contributed by atoms with Crippen molar-refractivity contribution in [3.05, 3.63) is 77.8 Å². The zero-order valence-electron chi connectivity index (χ0n) is 17.0. The van der Waals surface area contributed by atoms with Crippen molar-refractivity contribution >= 4 is 11.6 Å². The molecule has 0 heterocycles. The summed E-state index contributed by atoms with van der Waals surface area (Å²) in [4.78, 5) is 12.7. The Morgan fingerprint density at radius 3 is 2.28 bits per heavy atom. The summed E-state index contributed by atoms with van der Waals surface area (Å²) in [5.41, 5.74) is 2.69. The van der Waals surface area contributed by atoms with Crippen molar-refractivity contribution in [3.63, 3.8) is 0 Å². The third kappa shape index (κ3) is 5.33. The highest BCUT2D eigenvalue weighted by atomic mass is 19.1. The van der Waals surface area contributed by atoms with Gasteiger partial charge in [-0.25, -0.2) is 4.39 Å². The summed E-state index contributed by atoms with van der Waals surface area (Å²) in [7, 11) is 1.67. The van der Waals surface area contributed by atoms with Gasteiger partial charge in [-0.05, 0) is 55.2 Å². The van der Waals surface area contributed by atoms with Crippen LogP contribution in [-0.2, 0) is 20.9 Å². The summed E-state index contributed by atoms with van der Waals surface area (Å²) in [5, 5.41) is 2.84. The minimum Gasteiger partial charge on any atom is -0.475 e. The molecule has 0 saturated heterocycles. The number of carbonyl (C=O) groups is 1. The Balaban J connectivity index is 1.65. The summed E-state index contributed by atoms with van der Waals surface area (Å²) in [5.74, 6) is -0.536. The second-order valence-corrected chi connectivity index (χ2v) is 7.48. The molecule has 0 saturated carbocycles. The van der Waals surface area contributed by atoms with Crippen LogP contribution in [-0.4, -0.2) is 18.6 Å². The number of carbonyl (C=O) groups excluding carboxylic acids is 1. The van der Waals surface area contributed by atoms with Gasteiger partial charge in [0.05, 0.1) is 6.61 Å². The monoisotopic (exact) mass is 395 g/mol. The second-order valence-electron chi connectivity index (χ2n) is 7.48. The molecule has 0 aliphatic heterocycles. The minimum absolute atomic E-state index is 0.128. The first-order valence-electron chi connectivity index (χ1n) is 9.63. The molecule has 1 aliphatic carbocycles. The summed E-state index contributed by atoms with van der Waals surface area (Å²) in [6.45, 7) is 3.84. The van der Waals surface area contributed by atoms with E-state index in [0.29, 0.717) is 25.1 Å². The highest BCUT2D eigenvalue weighted by Crippen LogP contribution is 2.27. The highest BCUT2D eigenvalue weighted by Gasteiger charge is 2.31. The molecule has 0 bridgehead atoms. The first-order valence-corrected chi connectivity index (χ1v) is 9.63. The Morgan fingerprint density at radius 2 is 1.69 bits per heavy atom. The van der Waals surface area contributed by atoms with Crippen molar-refractivity contribution in [3.8, 4) is 11.1 Å². The van der Waals surface area contributed by atoms with Gasteiger partial charge in [0.15, 0.2) is 11.4 Å². The van der Waals surface area contributed by atoms with E-state index >= 15 is 0 Å². The van der Waals surface area contributed by atoms with Crippen molar-refractivity contribution in [2.24, 2.45) is 0 Å². The molecule has 1 amide bonds. The largest absolute Gasteiger partial charge is 0.475 e. The Kier molecular flexibility index (Phi) is 6.49. The van der Waals surface area contributed by atoms with E-state index in [9.17, 15) is 9.18 Å². The number of methoxy groups -OCH3 is 1. The highest BCUT2D eigenvalue weighted by molar-refractivity contribution is 5.97. The van der Waals surface area contributed by atoms with Crippen LogP contribution >= 0.6 is 0 Å². The van der Waals surface area contributed by atoms with Gasteiger partial charge in [-0.1, -0.05) is 42.5 Å². The van der Waals surface area contributed by atoms with Gasteiger partial charge in [0.2, 0.25) is 0 Å². The number of halogens is 1. The zero-order valence-corrected chi connectivity index (χ0v) is 17.0. The van der Waals surface area contributed by atoms with Crippen LogP contribution in [0.4, 0.5) is 10.1 Å². The van der Waals surface area contributed by atoms with Crippen LogP contribution in [0.2, 0.25) is 0 Å². The van der Waals surface area contributed by atoms with Gasteiger partial charge >= 0.3 is 0 Å². The fraction of sp³-hybridized carbons (Fsp3) is 0.292. The molecular formula is C24H26FNO3. The van der Waals surface area contributed by atoms with Crippen LogP contribution in [0.3, 0.4) is 0 Å². The van der Waals surface area contributed by atoms with Crippen LogP contribution in [0.5, 0.6) is 0 Å². The molecule has 0 unspecified atom stereocenters. The molecule has 0 spiro atoms. The van der Waals surface area contributed by atoms with E-state index in [1.807, 2.05) is 54.6 Å². The number of anilines is 1. The molecule has 0 aromatic heterocycles. The number of benzene rings is 2. The van der Waals surface area contributed by atoms with Crippen LogP contribution in [0.15, 0.2) is 72.3 Å². The Bertz CT molecular complexity index is 912. The lowest BCUT2D eigenvalue weighted by molar-refractivity contribution is -0.132. The van der Waals surface area contributed by atoms with Gasteiger partial charge < -0.3 is 14.8 Å². The molecule has 4 nitrogen and oxygen atoms in total. The summed E-state index contributed by atoms with van der Waals surface area (Å²) >= 11 is 0. The van der Waals surface area contributed by atoms with Crippen LogP contribution in [0.25, 0.3) is 11.1 Å². The number of rotatable bonds is 7. The predicted molar refractivity (Wildman–Crippen MR) is 113 cm³/mol. The van der Waals surface area contributed by atoms with E-state index < -0.39 is 5.60 Å². The number of ether oxygens (including phenoxy) is 2. The maximum Gasteiger partial charge on any atom is 0.267 e. The van der Waals surface area contributed by atoms with Crippen molar-refractivity contribution in [2.75, 3.05) is 12.4 Å². The number of hydrogen-bond donors (Lipinski definition) is 1. The van der Waals surface area contributed by atoms with Crippen LogP contribution < -0.4 is 5.32 Å². The Labute approximate surface area is 171 Å². The molecule has 0 fully saturated rings. The van der Waals surface area contributed by atoms with E-state index in [4.69, 9.17) is 9.47 Å². The molecule has 0 radical (unpaired) electrons. The normalized spacial score (nSPS) is 14.1. The van der Waals surface area contributed by atoms with Crippen molar-refractivity contribution < 1.29 is 18.7 Å². The molecule has 152 valence electrons. The average molecular weight is 395 g/mol. The third-order valence-corrected chi connectivity index (χ3v) is 4.72. The summed E-state index contributed by atoms with van der Waals surface area (Å²) < 4.78 is 24.7. The zero-order chi connectivity index (χ0) is 20.9. The molecule has 2 aromatic rings. The first-order chi connectivity index (χ1) is 13.9. The lowest BCUT2D eigenvalue weighted by atomic mass is 10.0. The fourth-order valence-corrected chi connectivity index (χ4v) is 3.01. The van der Waals surface area contributed by atoms with E-state index in [-0.39, 0.29) is 17.5 Å². The lowest BCUT2D eigenvalue weighted by Crippen LogP contribution is -2.39. The lowest BCUT2D eigenvalue weighted by Gasteiger charge is -2.27. The second kappa shape index (κ2) is 9.05. The standard InChI is InChI=1S/C24H26FNO3/c1-24(2,29-22-7-5-4-6-21(22)25)23(27)26-20-14-12-19(13-15-20)18-10-8-17(9-11-18)16-28-3/h5,7-15H,4,6,16H2,1-3H3,(H,26,27). The van der Waals surface area contributed by atoms with Gasteiger partial charge in [0.25, 0.3) is 5.91 Å². The quantitative estimate of drug-likeness (QED) is 0.648. The number of nitrogens with one attached hydrogen (secondary N) is 1. The van der Waals surface area contributed by atoms with E-state index in [1.165, 1.54) is 0 Å². The van der Waals surface area contributed by atoms with E-state index in [1.54, 1.807) is 27.0 Å². The smallest absolute Gasteiger partial charge is 0.267 e. The van der Waals surface area contributed by atoms with Gasteiger partial charge in [-0.2, -0.15) is 0 Å². The molecular weight excluding hydrogens is 369 g/mol. The van der Waals surface area contributed by atoms with Gasteiger partial charge in [0.1, 0.15) is 5.83 Å².